The number of carbonyl (C=O) groups excluding carboxylic acids is 1. The fourth-order valence-corrected chi connectivity index (χ4v) is 5.68. The molecule has 0 aliphatic carbocycles. The van der Waals surface area contributed by atoms with Gasteiger partial charge in [0.15, 0.2) is 0 Å². The van der Waals surface area contributed by atoms with Gasteiger partial charge >= 0.3 is 5.97 Å². The van der Waals surface area contributed by atoms with Crippen LogP contribution < -0.4 is 0 Å². The van der Waals surface area contributed by atoms with Gasteiger partial charge in [0.2, 0.25) is 0 Å². The third kappa shape index (κ3) is 10.7. The predicted molar refractivity (Wildman–Crippen MR) is 180 cm³/mol. The van der Waals surface area contributed by atoms with Crippen LogP contribution in [0.2, 0.25) is 0 Å². The second-order valence-electron chi connectivity index (χ2n) is 11.7. The molecule has 0 aromatic heterocycles. The van der Waals surface area contributed by atoms with E-state index in [1.54, 1.807) is 0 Å². The van der Waals surface area contributed by atoms with E-state index in [4.69, 9.17) is 28.4 Å². The number of hydrogen-bond donors (Lipinski definition) is 0. The summed E-state index contributed by atoms with van der Waals surface area (Å²) >= 11 is 0. The molecule has 7 heteroatoms. The minimum absolute atomic E-state index is 0.0837. The lowest BCUT2D eigenvalue weighted by atomic mass is 9.90. The molecule has 0 N–H and O–H groups in total. The Kier molecular flexibility index (Phi) is 13.3. The van der Waals surface area contributed by atoms with Crippen molar-refractivity contribution in [2.75, 3.05) is 13.7 Å². The average Bonchev–Trinajstić information content (AvgIpc) is 3.11. The molecule has 1 saturated heterocycles. The number of benzene rings is 4. The molecule has 0 bridgehead atoms. The molecule has 47 heavy (non-hydrogen) atoms. The maximum atomic E-state index is 12.2. The molecular formula is C40H44O7. The molecule has 1 heterocycles. The van der Waals surface area contributed by atoms with Crippen molar-refractivity contribution in [1.82, 2.24) is 0 Å². The van der Waals surface area contributed by atoms with Crippen LogP contribution in [-0.2, 0) is 59.6 Å². The largest absolute Gasteiger partial charge is 0.469 e. The molecule has 246 valence electrons. The van der Waals surface area contributed by atoms with Gasteiger partial charge < -0.3 is 28.4 Å². The van der Waals surface area contributed by atoms with Crippen molar-refractivity contribution in [3.8, 4) is 0 Å². The van der Waals surface area contributed by atoms with Gasteiger partial charge in [0.05, 0.1) is 52.7 Å². The lowest BCUT2D eigenvalue weighted by Gasteiger charge is -2.46. The Hall–Kier alpha value is -4.11. The van der Waals surface area contributed by atoms with Gasteiger partial charge in [-0.25, -0.2) is 0 Å². The molecule has 4 aromatic rings. The molecule has 0 radical (unpaired) electrons. The van der Waals surface area contributed by atoms with Crippen molar-refractivity contribution in [3.63, 3.8) is 0 Å². The Morgan fingerprint density at radius 2 is 1.00 bits per heavy atom. The van der Waals surface area contributed by atoms with Crippen molar-refractivity contribution in [2.24, 2.45) is 0 Å². The molecule has 7 nitrogen and oxygen atoms in total. The number of rotatable bonds is 17. The fourth-order valence-electron chi connectivity index (χ4n) is 5.68. The number of methoxy groups -OCH3 is 1. The summed E-state index contributed by atoms with van der Waals surface area (Å²) in [4.78, 5) is 12.2. The molecular weight excluding hydrogens is 592 g/mol. The normalized spacial score (nSPS) is 20.8. The van der Waals surface area contributed by atoms with Crippen LogP contribution in [0.5, 0.6) is 0 Å². The van der Waals surface area contributed by atoms with Gasteiger partial charge in [-0.05, 0) is 28.7 Å². The van der Waals surface area contributed by atoms with Crippen LogP contribution in [0.15, 0.2) is 133 Å². The van der Waals surface area contributed by atoms with E-state index in [1.807, 2.05) is 121 Å². The second-order valence-corrected chi connectivity index (χ2v) is 11.7. The van der Waals surface area contributed by atoms with E-state index >= 15 is 0 Å². The number of carbonyl (C=O) groups is 1. The summed E-state index contributed by atoms with van der Waals surface area (Å²) < 4.78 is 38.2. The van der Waals surface area contributed by atoms with Crippen molar-refractivity contribution in [3.05, 3.63) is 156 Å². The van der Waals surface area contributed by atoms with Gasteiger partial charge in [0.1, 0.15) is 24.4 Å². The molecule has 0 unspecified atom stereocenters. The Balaban J connectivity index is 1.45. The highest BCUT2D eigenvalue weighted by atomic mass is 16.6. The summed E-state index contributed by atoms with van der Waals surface area (Å²) in [6, 6.07) is 40.1. The molecule has 5 rings (SSSR count). The number of ether oxygens (including phenoxy) is 6. The monoisotopic (exact) mass is 636 g/mol. The van der Waals surface area contributed by atoms with E-state index in [-0.39, 0.29) is 19.0 Å². The van der Waals surface area contributed by atoms with Crippen LogP contribution >= 0.6 is 0 Å². The van der Waals surface area contributed by atoms with Crippen LogP contribution in [0.1, 0.15) is 35.1 Å². The first kappa shape index (κ1) is 34.2. The van der Waals surface area contributed by atoms with Gasteiger partial charge in [-0.15, -0.1) is 0 Å². The first-order chi connectivity index (χ1) is 23.1. The van der Waals surface area contributed by atoms with Crippen LogP contribution in [0.25, 0.3) is 0 Å². The maximum absolute atomic E-state index is 12.2. The molecule has 1 aliphatic rings. The topological polar surface area (TPSA) is 72.5 Å². The van der Waals surface area contributed by atoms with Gasteiger partial charge in [-0.2, -0.15) is 0 Å². The number of esters is 1. The minimum Gasteiger partial charge on any atom is -0.469 e. The maximum Gasteiger partial charge on any atom is 0.309 e. The first-order valence-corrected chi connectivity index (χ1v) is 16.1. The van der Waals surface area contributed by atoms with Crippen molar-refractivity contribution < 1.29 is 33.2 Å². The third-order valence-electron chi connectivity index (χ3n) is 8.09. The zero-order chi connectivity index (χ0) is 32.7. The Morgan fingerprint density at radius 3 is 1.45 bits per heavy atom. The molecule has 0 spiro atoms. The first-order valence-electron chi connectivity index (χ1n) is 16.1. The molecule has 0 saturated carbocycles. The lowest BCUT2D eigenvalue weighted by molar-refractivity contribution is -0.272. The second kappa shape index (κ2) is 18.3. The van der Waals surface area contributed by atoms with Crippen molar-refractivity contribution in [2.45, 2.75) is 69.8 Å². The van der Waals surface area contributed by atoms with E-state index in [0.717, 1.165) is 22.3 Å². The minimum atomic E-state index is -0.542. The summed E-state index contributed by atoms with van der Waals surface area (Å²) in [6.07, 6.45) is -2.12. The van der Waals surface area contributed by atoms with Gasteiger partial charge in [0, 0.05) is 0 Å². The van der Waals surface area contributed by atoms with E-state index in [0.29, 0.717) is 38.4 Å². The smallest absolute Gasteiger partial charge is 0.309 e. The quantitative estimate of drug-likeness (QED) is 0.0894. The third-order valence-corrected chi connectivity index (χ3v) is 8.09. The van der Waals surface area contributed by atoms with Crippen LogP contribution in [-0.4, -0.2) is 50.2 Å². The van der Waals surface area contributed by atoms with Gasteiger partial charge in [-0.3, -0.25) is 4.79 Å². The standard InChI is InChI=1S/C40H44O7/c1-30(24-37(41)42-2)23-35-38(44-26-32-17-9-4-10-18-32)40(46-28-34-21-13-6-14-22-34)39(45-27-33-19-11-5-12-20-33)36(47-35)29-43-25-31-15-7-3-8-16-31/h3-22,35-36,38-40H,1,23-29H2,2H3/t35-,36-,38+,39-,40-/m1/s1. The van der Waals surface area contributed by atoms with Crippen LogP contribution in [0.4, 0.5) is 0 Å². The summed E-state index contributed by atoms with van der Waals surface area (Å²) in [5, 5.41) is 0. The molecule has 5 atom stereocenters. The van der Waals surface area contributed by atoms with Gasteiger partial charge in [-0.1, -0.05) is 133 Å². The number of hydrogen-bond acceptors (Lipinski definition) is 7. The highest BCUT2D eigenvalue weighted by Crippen LogP contribution is 2.34. The van der Waals surface area contributed by atoms with Crippen LogP contribution in [0.3, 0.4) is 0 Å². The Labute approximate surface area is 278 Å². The van der Waals surface area contributed by atoms with E-state index in [2.05, 4.69) is 6.58 Å². The van der Waals surface area contributed by atoms with E-state index < -0.39 is 30.5 Å². The van der Waals surface area contributed by atoms with Crippen LogP contribution in [0, 0.1) is 0 Å². The molecule has 0 amide bonds. The summed E-state index contributed by atoms with van der Waals surface area (Å²) in [7, 11) is 1.38. The molecule has 1 fully saturated rings. The summed E-state index contributed by atoms with van der Waals surface area (Å²) in [5.41, 5.74) is 4.84. The fraction of sp³-hybridized carbons (Fsp3) is 0.325. The van der Waals surface area contributed by atoms with E-state index in [1.165, 1.54) is 7.11 Å². The summed E-state index contributed by atoms with van der Waals surface area (Å²) in [6.45, 7) is 5.95. The Bertz CT molecular complexity index is 1480. The zero-order valence-electron chi connectivity index (χ0n) is 26.9. The highest BCUT2D eigenvalue weighted by Gasteiger charge is 2.48. The lowest BCUT2D eigenvalue weighted by Crippen LogP contribution is -2.61. The predicted octanol–water partition coefficient (Wildman–Crippen LogP) is 7.24. The Morgan fingerprint density at radius 1 is 0.596 bits per heavy atom. The summed E-state index contributed by atoms with van der Waals surface area (Å²) in [5.74, 6) is -0.351. The molecule has 4 aromatic carbocycles. The highest BCUT2D eigenvalue weighted by molar-refractivity contribution is 5.72. The zero-order valence-corrected chi connectivity index (χ0v) is 26.9. The van der Waals surface area contributed by atoms with Gasteiger partial charge in [0.25, 0.3) is 0 Å². The van der Waals surface area contributed by atoms with Crippen molar-refractivity contribution >= 4 is 5.97 Å². The van der Waals surface area contributed by atoms with Crippen molar-refractivity contribution in [1.29, 1.82) is 0 Å². The SMILES string of the molecule is C=C(CC(=O)OC)C[C@H]1O[C@H](COCc2ccccc2)[C@@H](OCc2ccccc2)[C@H](OCc2ccccc2)[C@H]1OCc1ccccc1. The van der Waals surface area contributed by atoms with E-state index in [9.17, 15) is 4.79 Å². The molecule has 1 aliphatic heterocycles. The average molecular weight is 637 g/mol.